The van der Waals surface area contributed by atoms with E-state index in [-0.39, 0.29) is 4.83 Å². The van der Waals surface area contributed by atoms with Gasteiger partial charge in [0.05, 0.1) is 5.02 Å². The van der Waals surface area contributed by atoms with Gasteiger partial charge in [-0.2, -0.15) is 0 Å². The second-order valence-corrected chi connectivity index (χ2v) is 6.64. The predicted octanol–water partition coefficient (Wildman–Crippen LogP) is 6.09. The van der Waals surface area contributed by atoms with Crippen molar-refractivity contribution in [1.82, 2.24) is 0 Å². The van der Waals surface area contributed by atoms with Gasteiger partial charge in [0.25, 0.3) is 0 Å². The molecule has 3 heteroatoms. The van der Waals surface area contributed by atoms with E-state index in [1.54, 1.807) is 0 Å². The molecule has 0 radical (unpaired) electrons. The highest BCUT2D eigenvalue weighted by Gasteiger charge is 2.13. The van der Waals surface area contributed by atoms with Crippen LogP contribution in [0, 0.1) is 6.92 Å². The highest BCUT2D eigenvalue weighted by Crippen LogP contribution is 2.36. The van der Waals surface area contributed by atoms with E-state index in [1.165, 1.54) is 11.1 Å². The molecule has 0 aliphatic carbocycles. The zero-order valence-electron chi connectivity index (χ0n) is 9.96. The molecule has 1 unspecified atom stereocenters. The van der Waals surface area contributed by atoms with Gasteiger partial charge in [-0.1, -0.05) is 69.5 Å². The molecule has 0 nitrogen and oxygen atoms in total. The van der Waals surface area contributed by atoms with Crippen LogP contribution in [0.5, 0.6) is 0 Å². The van der Waals surface area contributed by atoms with Gasteiger partial charge in [-0.15, -0.1) is 0 Å². The second-order valence-electron chi connectivity index (χ2n) is 4.30. The SMILES string of the molecule is Cc1ccc(CC(Br)c2cccc(Br)c2Cl)cc1. The lowest BCUT2D eigenvalue weighted by atomic mass is 10.0. The number of aryl methyl sites for hydroxylation is 1. The third kappa shape index (κ3) is 3.37. The molecule has 0 saturated heterocycles. The van der Waals surface area contributed by atoms with Crippen LogP contribution in [0.2, 0.25) is 5.02 Å². The highest BCUT2D eigenvalue weighted by molar-refractivity contribution is 9.10. The predicted molar refractivity (Wildman–Crippen MR) is 85.7 cm³/mol. The molecule has 0 aliphatic heterocycles. The Balaban J connectivity index is 2.19. The van der Waals surface area contributed by atoms with Gasteiger partial charge in [0, 0.05) is 9.30 Å². The van der Waals surface area contributed by atoms with Crippen molar-refractivity contribution in [3.05, 3.63) is 68.7 Å². The molecule has 0 heterocycles. The minimum Gasteiger partial charge on any atom is -0.0835 e. The van der Waals surface area contributed by atoms with E-state index < -0.39 is 0 Å². The summed E-state index contributed by atoms with van der Waals surface area (Å²) in [6.07, 6.45) is 0.927. The van der Waals surface area contributed by atoms with E-state index in [4.69, 9.17) is 11.6 Å². The van der Waals surface area contributed by atoms with Crippen molar-refractivity contribution < 1.29 is 0 Å². The summed E-state index contributed by atoms with van der Waals surface area (Å²) in [7, 11) is 0. The maximum absolute atomic E-state index is 6.30. The molecule has 0 spiro atoms. The Morgan fingerprint density at radius 1 is 1.11 bits per heavy atom. The van der Waals surface area contributed by atoms with Crippen LogP contribution in [0.3, 0.4) is 0 Å². The van der Waals surface area contributed by atoms with Crippen LogP contribution >= 0.6 is 43.5 Å². The summed E-state index contributed by atoms with van der Waals surface area (Å²) in [6.45, 7) is 2.10. The van der Waals surface area contributed by atoms with E-state index in [0.29, 0.717) is 0 Å². The van der Waals surface area contributed by atoms with E-state index in [0.717, 1.165) is 21.5 Å². The Morgan fingerprint density at radius 3 is 2.44 bits per heavy atom. The molecule has 0 N–H and O–H groups in total. The molecule has 2 rings (SSSR count). The summed E-state index contributed by atoms with van der Waals surface area (Å²) in [5, 5.41) is 0.784. The molecule has 0 fully saturated rings. The topological polar surface area (TPSA) is 0 Å². The van der Waals surface area contributed by atoms with E-state index in [9.17, 15) is 0 Å². The molecule has 0 amide bonds. The maximum atomic E-state index is 6.30. The van der Waals surface area contributed by atoms with Crippen LogP contribution in [0.1, 0.15) is 21.5 Å². The number of benzene rings is 2. The van der Waals surface area contributed by atoms with Gasteiger partial charge < -0.3 is 0 Å². The van der Waals surface area contributed by atoms with Gasteiger partial charge in [0.2, 0.25) is 0 Å². The quantitative estimate of drug-likeness (QED) is 0.558. The molecule has 0 bridgehead atoms. The monoisotopic (exact) mass is 386 g/mol. The second kappa shape index (κ2) is 6.23. The van der Waals surface area contributed by atoms with Gasteiger partial charge in [-0.25, -0.2) is 0 Å². The molecule has 94 valence electrons. The van der Waals surface area contributed by atoms with Crippen molar-refractivity contribution in [3.63, 3.8) is 0 Å². The minimum absolute atomic E-state index is 0.227. The van der Waals surface area contributed by atoms with E-state index in [1.807, 2.05) is 12.1 Å². The number of hydrogen-bond donors (Lipinski definition) is 0. The first kappa shape index (κ1) is 14.1. The average Bonchev–Trinajstić information content (AvgIpc) is 2.35. The van der Waals surface area contributed by atoms with Crippen LogP contribution in [0.15, 0.2) is 46.9 Å². The molecular formula is C15H13Br2Cl. The standard InChI is InChI=1S/C15H13Br2Cl/c1-10-5-7-11(8-6-10)9-14(17)12-3-2-4-13(16)15(12)18/h2-8,14H,9H2,1H3. The van der Waals surface area contributed by atoms with Gasteiger partial charge in [-0.3, -0.25) is 0 Å². The average molecular weight is 389 g/mol. The summed E-state index contributed by atoms with van der Waals surface area (Å²) >= 11 is 13.5. The molecule has 2 aromatic rings. The molecule has 0 aliphatic rings. The van der Waals surface area contributed by atoms with Crippen LogP contribution in [0.4, 0.5) is 0 Å². The van der Waals surface area contributed by atoms with Gasteiger partial charge in [0.15, 0.2) is 0 Å². The molecule has 18 heavy (non-hydrogen) atoms. The molecule has 0 aromatic heterocycles. The summed E-state index contributed by atoms with van der Waals surface area (Å²) in [4.78, 5) is 0.227. The zero-order chi connectivity index (χ0) is 13.1. The van der Waals surface area contributed by atoms with E-state index >= 15 is 0 Å². The van der Waals surface area contributed by atoms with Gasteiger partial charge in [0.1, 0.15) is 0 Å². The van der Waals surface area contributed by atoms with Crippen molar-refractivity contribution in [3.8, 4) is 0 Å². The Bertz CT molecular complexity index is 535. The Labute approximate surface area is 130 Å². The number of alkyl halides is 1. The Morgan fingerprint density at radius 2 is 1.78 bits per heavy atom. The normalized spacial score (nSPS) is 12.4. The fraction of sp³-hybridized carbons (Fsp3) is 0.200. The summed E-state index contributed by atoms with van der Waals surface area (Å²) in [5.74, 6) is 0. The Hall–Kier alpha value is -0.310. The summed E-state index contributed by atoms with van der Waals surface area (Å²) in [6, 6.07) is 14.6. The van der Waals surface area contributed by atoms with Crippen molar-refractivity contribution in [2.24, 2.45) is 0 Å². The zero-order valence-corrected chi connectivity index (χ0v) is 13.9. The highest BCUT2D eigenvalue weighted by atomic mass is 79.9. The summed E-state index contributed by atoms with van der Waals surface area (Å²) < 4.78 is 0.940. The molecule has 1 atom stereocenters. The smallest absolute Gasteiger partial charge is 0.0591 e. The van der Waals surface area contributed by atoms with Crippen molar-refractivity contribution in [2.75, 3.05) is 0 Å². The first-order valence-electron chi connectivity index (χ1n) is 5.71. The van der Waals surface area contributed by atoms with Crippen LogP contribution in [0.25, 0.3) is 0 Å². The lowest BCUT2D eigenvalue weighted by Crippen LogP contribution is -1.96. The van der Waals surface area contributed by atoms with Crippen molar-refractivity contribution in [2.45, 2.75) is 18.2 Å². The minimum atomic E-state index is 0.227. The fourth-order valence-corrected chi connectivity index (χ4v) is 3.33. The van der Waals surface area contributed by atoms with Crippen LogP contribution in [-0.4, -0.2) is 0 Å². The first-order valence-corrected chi connectivity index (χ1v) is 7.80. The van der Waals surface area contributed by atoms with Crippen LogP contribution in [-0.2, 0) is 6.42 Å². The number of rotatable bonds is 3. The van der Waals surface area contributed by atoms with Gasteiger partial charge in [-0.05, 0) is 46.5 Å². The largest absolute Gasteiger partial charge is 0.0835 e. The number of halogens is 3. The van der Waals surface area contributed by atoms with E-state index in [2.05, 4.69) is 69.1 Å². The summed E-state index contributed by atoms with van der Waals surface area (Å²) in [5.41, 5.74) is 3.70. The lowest BCUT2D eigenvalue weighted by molar-refractivity contribution is 0.947. The lowest BCUT2D eigenvalue weighted by Gasteiger charge is -2.13. The van der Waals surface area contributed by atoms with Gasteiger partial charge >= 0.3 is 0 Å². The first-order chi connectivity index (χ1) is 8.58. The Kier molecular flexibility index (Phi) is 4.88. The number of hydrogen-bond acceptors (Lipinski definition) is 0. The molecular weight excluding hydrogens is 375 g/mol. The maximum Gasteiger partial charge on any atom is 0.0591 e. The molecule has 2 aromatic carbocycles. The van der Waals surface area contributed by atoms with Crippen molar-refractivity contribution in [1.29, 1.82) is 0 Å². The third-order valence-electron chi connectivity index (χ3n) is 2.85. The third-order valence-corrected chi connectivity index (χ3v) is 4.98. The molecule has 0 saturated carbocycles. The van der Waals surface area contributed by atoms with Crippen molar-refractivity contribution >= 4 is 43.5 Å². The fourth-order valence-electron chi connectivity index (χ4n) is 1.80. The van der Waals surface area contributed by atoms with Crippen LogP contribution < -0.4 is 0 Å².